The molecule has 1 amide bonds. The molecule has 0 rings (SSSR count). The molecule has 156 valence electrons. The van der Waals surface area contributed by atoms with Crippen LogP contribution in [0.4, 0.5) is 13.2 Å². The van der Waals surface area contributed by atoms with Crippen LogP contribution in [0.5, 0.6) is 0 Å². The van der Waals surface area contributed by atoms with Crippen LogP contribution in [0.2, 0.25) is 0 Å². The number of carbonyl (C=O) groups excluding carboxylic acids is 1. The minimum Gasteiger partial charge on any atom is -0.357 e. The van der Waals surface area contributed by atoms with Gasteiger partial charge in [-0.25, -0.2) is 0 Å². The van der Waals surface area contributed by atoms with E-state index in [4.69, 9.17) is 0 Å². The van der Waals surface area contributed by atoms with Crippen molar-refractivity contribution in [1.29, 1.82) is 0 Å². The molecule has 0 aromatic rings. The number of amides is 1. The van der Waals surface area contributed by atoms with Gasteiger partial charge >= 0.3 is 6.18 Å². The maximum atomic E-state index is 12.2. The summed E-state index contributed by atoms with van der Waals surface area (Å²) in [6.45, 7) is 8.15. The molecule has 0 bridgehead atoms. The fraction of sp³-hybridized carbons (Fsp3) is 0.875. The first-order valence-electron chi connectivity index (χ1n) is 8.78. The van der Waals surface area contributed by atoms with E-state index < -0.39 is 12.7 Å². The molecule has 0 radical (unpaired) electrons. The second kappa shape index (κ2) is 15.3. The second-order valence-corrected chi connectivity index (χ2v) is 5.71. The van der Waals surface area contributed by atoms with Crippen molar-refractivity contribution in [2.24, 2.45) is 4.99 Å². The average molecular weight is 495 g/mol. The largest absolute Gasteiger partial charge is 0.401 e. The van der Waals surface area contributed by atoms with Crippen molar-refractivity contribution in [1.82, 2.24) is 20.4 Å². The Morgan fingerprint density at radius 3 is 2.23 bits per heavy atom. The third-order valence-electron chi connectivity index (χ3n) is 3.51. The van der Waals surface area contributed by atoms with Gasteiger partial charge in [-0.1, -0.05) is 0 Å². The topological polar surface area (TPSA) is 60.0 Å². The Morgan fingerprint density at radius 2 is 1.73 bits per heavy atom. The molecule has 0 fully saturated rings. The van der Waals surface area contributed by atoms with Gasteiger partial charge in [0.05, 0.1) is 6.54 Å². The first kappa shape index (κ1) is 27.4. The van der Waals surface area contributed by atoms with Gasteiger partial charge in [-0.05, 0) is 40.8 Å². The van der Waals surface area contributed by atoms with E-state index in [0.717, 1.165) is 0 Å². The maximum Gasteiger partial charge on any atom is 0.401 e. The average Bonchev–Trinajstić information content (AvgIpc) is 2.51. The SMILES string of the molecule is CCNC(=NCCCN(C)CC(F)(F)F)NCCC(=O)N(CC)CC.I. The van der Waals surface area contributed by atoms with Gasteiger partial charge in [0, 0.05) is 39.1 Å². The van der Waals surface area contributed by atoms with Gasteiger partial charge in [0.25, 0.3) is 0 Å². The number of alkyl halides is 3. The molecule has 0 aromatic heterocycles. The lowest BCUT2D eigenvalue weighted by Crippen LogP contribution is -2.40. The van der Waals surface area contributed by atoms with Crippen LogP contribution in [0.25, 0.3) is 0 Å². The van der Waals surface area contributed by atoms with Crippen molar-refractivity contribution < 1.29 is 18.0 Å². The Labute approximate surface area is 172 Å². The summed E-state index contributed by atoms with van der Waals surface area (Å²) < 4.78 is 36.7. The molecular weight excluding hydrogens is 462 g/mol. The molecule has 0 heterocycles. The number of hydrogen-bond donors (Lipinski definition) is 2. The highest BCUT2D eigenvalue weighted by molar-refractivity contribution is 14.0. The van der Waals surface area contributed by atoms with Crippen LogP contribution in [-0.2, 0) is 4.79 Å². The molecule has 0 saturated heterocycles. The van der Waals surface area contributed by atoms with Crippen LogP contribution in [-0.4, -0.2) is 80.7 Å². The zero-order valence-electron chi connectivity index (χ0n) is 16.2. The Kier molecular flexibility index (Phi) is 16.1. The van der Waals surface area contributed by atoms with Crippen LogP contribution < -0.4 is 10.6 Å². The van der Waals surface area contributed by atoms with Gasteiger partial charge in [0.1, 0.15) is 0 Å². The van der Waals surface area contributed by atoms with Crippen molar-refractivity contribution in [3.05, 3.63) is 0 Å². The smallest absolute Gasteiger partial charge is 0.357 e. The number of halogens is 4. The fourth-order valence-electron chi connectivity index (χ4n) is 2.28. The molecule has 0 unspecified atom stereocenters. The normalized spacial score (nSPS) is 11.9. The summed E-state index contributed by atoms with van der Waals surface area (Å²) in [4.78, 5) is 19.2. The number of carbonyl (C=O) groups is 1. The zero-order valence-corrected chi connectivity index (χ0v) is 18.5. The lowest BCUT2D eigenvalue weighted by molar-refractivity contribution is -0.143. The fourth-order valence-corrected chi connectivity index (χ4v) is 2.28. The Balaban J connectivity index is 0. The van der Waals surface area contributed by atoms with Gasteiger partial charge < -0.3 is 15.5 Å². The van der Waals surface area contributed by atoms with Gasteiger partial charge in [-0.2, -0.15) is 13.2 Å². The lowest BCUT2D eigenvalue weighted by atomic mass is 10.3. The zero-order chi connectivity index (χ0) is 19.3. The Morgan fingerprint density at radius 1 is 1.12 bits per heavy atom. The molecule has 0 saturated carbocycles. The molecule has 0 atom stereocenters. The molecule has 0 aliphatic heterocycles. The van der Waals surface area contributed by atoms with Crippen LogP contribution in [0.15, 0.2) is 4.99 Å². The molecule has 0 spiro atoms. The molecular formula is C16H33F3IN5O. The standard InChI is InChI=1S/C16H32F3N5O.HI/c1-5-20-15(22-11-9-14(25)24(6-2)7-3)21-10-8-12-23(4)13-16(17,18)19;/h5-13H2,1-4H3,(H2,20,21,22);1H. The van der Waals surface area contributed by atoms with Gasteiger partial charge in [-0.3, -0.25) is 14.7 Å². The summed E-state index contributed by atoms with van der Waals surface area (Å²) in [5, 5.41) is 6.14. The van der Waals surface area contributed by atoms with Crippen molar-refractivity contribution in [2.45, 2.75) is 39.8 Å². The van der Waals surface area contributed by atoms with Crippen molar-refractivity contribution in [3.63, 3.8) is 0 Å². The Hall–Kier alpha value is -0.780. The lowest BCUT2D eigenvalue weighted by Gasteiger charge is -2.19. The van der Waals surface area contributed by atoms with Gasteiger partial charge in [0.2, 0.25) is 5.91 Å². The predicted octanol–water partition coefficient (Wildman–Crippen LogP) is 2.30. The summed E-state index contributed by atoms with van der Waals surface area (Å²) in [6.07, 6.45) is -3.27. The number of nitrogens with one attached hydrogen (secondary N) is 2. The van der Waals surface area contributed by atoms with E-state index in [9.17, 15) is 18.0 Å². The van der Waals surface area contributed by atoms with E-state index in [1.54, 1.807) is 4.90 Å². The molecule has 2 N–H and O–H groups in total. The first-order chi connectivity index (χ1) is 11.7. The molecule has 10 heteroatoms. The maximum absolute atomic E-state index is 12.2. The van der Waals surface area contributed by atoms with Crippen LogP contribution in [0, 0.1) is 0 Å². The number of guanidine groups is 1. The summed E-state index contributed by atoms with van der Waals surface area (Å²) >= 11 is 0. The highest BCUT2D eigenvalue weighted by Gasteiger charge is 2.28. The third-order valence-corrected chi connectivity index (χ3v) is 3.51. The molecule has 0 aliphatic rings. The highest BCUT2D eigenvalue weighted by Crippen LogP contribution is 2.15. The molecule has 0 aliphatic carbocycles. The van der Waals surface area contributed by atoms with E-state index in [-0.39, 0.29) is 29.9 Å². The van der Waals surface area contributed by atoms with E-state index in [0.29, 0.717) is 58.1 Å². The van der Waals surface area contributed by atoms with E-state index in [1.165, 1.54) is 11.9 Å². The van der Waals surface area contributed by atoms with Crippen LogP contribution in [0.1, 0.15) is 33.6 Å². The minimum atomic E-state index is -4.17. The van der Waals surface area contributed by atoms with Gasteiger partial charge in [-0.15, -0.1) is 24.0 Å². The van der Waals surface area contributed by atoms with Crippen molar-refractivity contribution in [2.75, 3.05) is 52.9 Å². The van der Waals surface area contributed by atoms with Crippen LogP contribution >= 0.6 is 24.0 Å². The molecule has 0 aromatic carbocycles. The van der Waals surface area contributed by atoms with Crippen molar-refractivity contribution >= 4 is 35.8 Å². The predicted molar refractivity (Wildman–Crippen MR) is 110 cm³/mol. The summed E-state index contributed by atoms with van der Waals surface area (Å²) in [5.74, 6) is 0.662. The Bertz CT molecular complexity index is 404. The second-order valence-electron chi connectivity index (χ2n) is 5.71. The van der Waals surface area contributed by atoms with E-state index >= 15 is 0 Å². The third kappa shape index (κ3) is 14.4. The summed E-state index contributed by atoms with van der Waals surface area (Å²) in [7, 11) is 1.44. The summed E-state index contributed by atoms with van der Waals surface area (Å²) in [6, 6.07) is 0. The number of nitrogens with zero attached hydrogens (tertiary/aromatic N) is 3. The quantitative estimate of drug-likeness (QED) is 0.200. The molecule has 26 heavy (non-hydrogen) atoms. The first-order valence-corrected chi connectivity index (χ1v) is 8.78. The highest BCUT2D eigenvalue weighted by atomic mass is 127. The molecule has 6 nitrogen and oxygen atoms in total. The van der Waals surface area contributed by atoms with E-state index in [2.05, 4.69) is 15.6 Å². The number of aliphatic imine (C=N–C) groups is 1. The monoisotopic (exact) mass is 495 g/mol. The van der Waals surface area contributed by atoms with Crippen LogP contribution in [0.3, 0.4) is 0 Å². The van der Waals surface area contributed by atoms with Gasteiger partial charge in [0.15, 0.2) is 5.96 Å². The van der Waals surface area contributed by atoms with E-state index in [1.807, 2.05) is 20.8 Å². The summed E-state index contributed by atoms with van der Waals surface area (Å²) in [5.41, 5.74) is 0. The number of rotatable bonds is 11. The minimum absolute atomic E-state index is 0. The number of hydrogen-bond acceptors (Lipinski definition) is 3. The van der Waals surface area contributed by atoms with Crippen molar-refractivity contribution in [3.8, 4) is 0 Å².